The van der Waals surface area contributed by atoms with Gasteiger partial charge in [-0.1, -0.05) is 55.8 Å². The number of nitrogens with one attached hydrogen (secondary N) is 3. The maximum atomic E-state index is 11.7. The number of amides is 1. The SMILES string of the molecule is CCN(CC)C(CNC(=NC)NCc1ccc(C(=O)NC)cc1)c1ccccc1Cl. The minimum atomic E-state index is -0.0889. The lowest BCUT2D eigenvalue weighted by Gasteiger charge is -2.31. The summed E-state index contributed by atoms with van der Waals surface area (Å²) < 4.78 is 0. The summed E-state index contributed by atoms with van der Waals surface area (Å²) in [6.45, 7) is 7.46. The van der Waals surface area contributed by atoms with Gasteiger partial charge in [0.25, 0.3) is 5.91 Å². The van der Waals surface area contributed by atoms with Gasteiger partial charge >= 0.3 is 0 Å². The summed E-state index contributed by atoms with van der Waals surface area (Å²) in [7, 11) is 3.38. The first-order chi connectivity index (χ1) is 14.5. The van der Waals surface area contributed by atoms with E-state index in [0.29, 0.717) is 18.7 Å². The molecule has 7 heteroatoms. The van der Waals surface area contributed by atoms with E-state index in [1.165, 1.54) is 0 Å². The second-order valence-electron chi connectivity index (χ2n) is 6.84. The predicted molar refractivity (Wildman–Crippen MR) is 125 cm³/mol. The smallest absolute Gasteiger partial charge is 0.251 e. The summed E-state index contributed by atoms with van der Waals surface area (Å²) in [5.41, 5.74) is 2.82. The molecule has 0 radical (unpaired) electrons. The van der Waals surface area contributed by atoms with Crippen molar-refractivity contribution in [2.24, 2.45) is 4.99 Å². The lowest BCUT2D eigenvalue weighted by Crippen LogP contribution is -2.43. The van der Waals surface area contributed by atoms with Gasteiger partial charge in [-0.3, -0.25) is 14.7 Å². The standard InChI is InChI=1S/C23H32ClN5O/c1-5-29(6-2)21(19-9-7-8-10-20(19)24)16-28-23(26-4)27-15-17-11-13-18(14-12-17)22(30)25-3/h7-14,21H,5-6,15-16H2,1-4H3,(H,25,30)(H2,26,27,28). The van der Waals surface area contributed by atoms with Crippen LogP contribution in [0.3, 0.4) is 0 Å². The Labute approximate surface area is 184 Å². The topological polar surface area (TPSA) is 68.8 Å². The number of hydrogen-bond acceptors (Lipinski definition) is 3. The first kappa shape index (κ1) is 23.7. The summed E-state index contributed by atoms with van der Waals surface area (Å²) in [5.74, 6) is 0.628. The minimum absolute atomic E-state index is 0.0889. The molecular weight excluding hydrogens is 398 g/mol. The number of carbonyl (C=O) groups is 1. The highest BCUT2D eigenvalue weighted by Crippen LogP contribution is 2.26. The number of rotatable bonds is 9. The van der Waals surface area contributed by atoms with Crippen LogP contribution in [0.1, 0.15) is 41.4 Å². The van der Waals surface area contributed by atoms with Gasteiger partial charge in [-0.2, -0.15) is 0 Å². The van der Waals surface area contributed by atoms with Gasteiger partial charge in [0.1, 0.15) is 0 Å². The van der Waals surface area contributed by atoms with E-state index in [-0.39, 0.29) is 11.9 Å². The Bertz CT molecular complexity index is 834. The lowest BCUT2D eigenvalue weighted by molar-refractivity contribution is 0.0963. The Morgan fingerprint density at radius 2 is 1.73 bits per heavy atom. The third kappa shape index (κ3) is 6.47. The number of nitrogens with zero attached hydrogens (tertiary/aromatic N) is 2. The zero-order valence-corrected chi connectivity index (χ0v) is 19.0. The van der Waals surface area contributed by atoms with Gasteiger partial charge in [0, 0.05) is 37.8 Å². The van der Waals surface area contributed by atoms with Gasteiger partial charge in [0.05, 0.1) is 6.04 Å². The van der Waals surface area contributed by atoms with E-state index in [1.807, 2.05) is 42.5 Å². The third-order valence-electron chi connectivity index (χ3n) is 5.11. The van der Waals surface area contributed by atoms with E-state index < -0.39 is 0 Å². The predicted octanol–water partition coefficient (Wildman–Crippen LogP) is 3.45. The number of hydrogen-bond donors (Lipinski definition) is 3. The summed E-state index contributed by atoms with van der Waals surface area (Å²) in [5, 5.41) is 10.2. The molecular formula is C23H32ClN5O. The molecule has 162 valence electrons. The summed E-state index contributed by atoms with van der Waals surface area (Å²) >= 11 is 6.48. The highest BCUT2D eigenvalue weighted by atomic mass is 35.5. The fourth-order valence-electron chi connectivity index (χ4n) is 3.36. The molecule has 1 amide bonds. The van der Waals surface area contributed by atoms with Crippen LogP contribution in [0.5, 0.6) is 0 Å². The Morgan fingerprint density at radius 1 is 1.07 bits per heavy atom. The van der Waals surface area contributed by atoms with Crippen molar-refractivity contribution in [2.75, 3.05) is 33.7 Å². The Balaban J connectivity index is 2.01. The number of likely N-dealkylation sites (N-methyl/N-ethyl adjacent to an activating group) is 1. The van der Waals surface area contributed by atoms with Gasteiger partial charge in [-0.05, 0) is 42.4 Å². The van der Waals surface area contributed by atoms with Gasteiger partial charge < -0.3 is 16.0 Å². The number of benzene rings is 2. The minimum Gasteiger partial charge on any atom is -0.355 e. The molecule has 30 heavy (non-hydrogen) atoms. The molecule has 1 unspecified atom stereocenters. The second kappa shape index (κ2) is 12.2. The molecule has 0 saturated carbocycles. The van der Waals surface area contributed by atoms with E-state index >= 15 is 0 Å². The fraction of sp³-hybridized carbons (Fsp3) is 0.391. The highest BCUT2D eigenvalue weighted by Gasteiger charge is 2.20. The fourth-order valence-corrected chi connectivity index (χ4v) is 3.63. The van der Waals surface area contributed by atoms with Crippen molar-refractivity contribution in [1.29, 1.82) is 0 Å². The molecule has 6 nitrogen and oxygen atoms in total. The first-order valence-corrected chi connectivity index (χ1v) is 10.7. The normalized spacial score (nSPS) is 12.5. The van der Waals surface area contributed by atoms with Gasteiger partial charge in [-0.15, -0.1) is 0 Å². The van der Waals surface area contributed by atoms with Crippen LogP contribution in [0, 0.1) is 0 Å². The van der Waals surface area contributed by atoms with Crippen LogP contribution in [-0.2, 0) is 6.54 Å². The number of guanidine groups is 1. The van der Waals surface area contributed by atoms with Crippen LogP contribution in [0.2, 0.25) is 5.02 Å². The molecule has 0 bridgehead atoms. The Kier molecular flexibility index (Phi) is 9.64. The molecule has 0 saturated heterocycles. The molecule has 0 heterocycles. The Hall–Kier alpha value is -2.57. The average Bonchev–Trinajstić information content (AvgIpc) is 2.79. The van der Waals surface area contributed by atoms with Crippen molar-refractivity contribution in [3.63, 3.8) is 0 Å². The zero-order chi connectivity index (χ0) is 21.9. The molecule has 0 fully saturated rings. The van der Waals surface area contributed by atoms with E-state index in [1.54, 1.807) is 14.1 Å². The Morgan fingerprint density at radius 3 is 2.30 bits per heavy atom. The number of carbonyl (C=O) groups excluding carboxylic acids is 1. The van der Waals surface area contributed by atoms with Crippen molar-refractivity contribution in [3.8, 4) is 0 Å². The van der Waals surface area contributed by atoms with Gasteiger partial charge in [-0.25, -0.2) is 0 Å². The van der Waals surface area contributed by atoms with Crippen LogP contribution in [0.15, 0.2) is 53.5 Å². The third-order valence-corrected chi connectivity index (χ3v) is 5.45. The van der Waals surface area contributed by atoms with Crippen LogP contribution in [0.4, 0.5) is 0 Å². The van der Waals surface area contributed by atoms with Crippen molar-refractivity contribution in [1.82, 2.24) is 20.9 Å². The van der Waals surface area contributed by atoms with Gasteiger partial charge in [0.2, 0.25) is 0 Å². The maximum Gasteiger partial charge on any atom is 0.251 e. The highest BCUT2D eigenvalue weighted by molar-refractivity contribution is 6.31. The quantitative estimate of drug-likeness (QED) is 0.422. The monoisotopic (exact) mass is 429 g/mol. The molecule has 0 spiro atoms. The van der Waals surface area contributed by atoms with Crippen LogP contribution in [-0.4, -0.2) is 50.5 Å². The largest absolute Gasteiger partial charge is 0.355 e. The first-order valence-electron chi connectivity index (χ1n) is 10.3. The van der Waals surface area contributed by atoms with Crippen molar-refractivity contribution in [2.45, 2.75) is 26.4 Å². The van der Waals surface area contributed by atoms with E-state index in [4.69, 9.17) is 11.6 Å². The average molecular weight is 430 g/mol. The maximum absolute atomic E-state index is 11.7. The summed E-state index contributed by atoms with van der Waals surface area (Å²) in [6.07, 6.45) is 0. The number of aliphatic imine (C=N–C) groups is 1. The van der Waals surface area contributed by atoms with Crippen LogP contribution in [0.25, 0.3) is 0 Å². The molecule has 0 aliphatic rings. The lowest BCUT2D eigenvalue weighted by atomic mass is 10.0. The van der Waals surface area contributed by atoms with Crippen LogP contribution >= 0.6 is 11.6 Å². The summed E-state index contributed by atoms with van der Waals surface area (Å²) in [6, 6.07) is 15.6. The van der Waals surface area contributed by atoms with E-state index in [2.05, 4.69) is 45.8 Å². The molecule has 3 N–H and O–H groups in total. The van der Waals surface area contributed by atoms with Crippen LogP contribution < -0.4 is 16.0 Å². The molecule has 0 aliphatic carbocycles. The van der Waals surface area contributed by atoms with E-state index in [0.717, 1.165) is 35.2 Å². The molecule has 1 atom stereocenters. The van der Waals surface area contributed by atoms with Crippen molar-refractivity contribution >= 4 is 23.5 Å². The summed E-state index contributed by atoms with van der Waals surface area (Å²) in [4.78, 5) is 18.4. The van der Waals surface area contributed by atoms with E-state index in [9.17, 15) is 4.79 Å². The number of halogens is 1. The molecule has 0 aromatic heterocycles. The molecule has 0 aliphatic heterocycles. The molecule has 2 aromatic rings. The zero-order valence-electron chi connectivity index (χ0n) is 18.2. The van der Waals surface area contributed by atoms with Crippen molar-refractivity contribution < 1.29 is 4.79 Å². The second-order valence-corrected chi connectivity index (χ2v) is 7.25. The van der Waals surface area contributed by atoms with Gasteiger partial charge in [0.15, 0.2) is 5.96 Å². The molecule has 2 rings (SSSR count). The molecule has 2 aromatic carbocycles. The van der Waals surface area contributed by atoms with Crippen molar-refractivity contribution in [3.05, 3.63) is 70.2 Å².